The van der Waals surface area contributed by atoms with Gasteiger partial charge in [-0.1, -0.05) is 18.2 Å². The molecule has 0 aromatic heterocycles. The van der Waals surface area contributed by atoms with E-state index in [1.54, 1.807) is 11.0 Å². The molecule has 0 radical (unpaired) electrons. The van der Waals surface area contributed by atoms with Gasteiger partial charge >= 0.3 is 6.09 Å². The molecule has 3 nitrogen and oxygen atoms in total. The van der Waals surface area contributed by atoms with Crippen molar-refractivity contribution in [3.05, 3.63) is 59.2 Å². The van der Waals surface area contributed by atoms with E-state index in [0.29, 0.717) is 24.2 Å². The van der Waals surface area contributed by atoms with Crippen molar-refractivity contribution >= 4 is 6.09 Å². The number of benzene rings is 2. The van der Waals surface area contributed by atoms with Crippen molar-refractivity contribution in [1.29, 1.82) is 0 Å². The zero-order chi connectivity index (χ0) is 16.6. The molecule has 0 bridgehead atoms. The van der Waals surface area contributed by atoms with Crippen molar-refractivity contribution in [2.45, 2.75) is 26.5 Å². The Morgan fingerprint density at radius 1 is 1.17 bits per heavy atom. The lowest BCUT2D eigenvalue weighted by Gasteiger charge is -2.15. The van der Waals surface area contributed by atoms with Gasteiger partial charge in [0.05, 0.1) is 6.54 Å². The molecule has 23 heavy (non-hydrogen) atoms. The molecular formula is C18H17F2NO2. The van der Waals surface area contributed by atoms with Gasteiger partial charge in [0.1, 0.15) is 17.7 Å². The van der Waals surface area contributed by atoms with Crippen LogP contribution in [0.4, 0.5) is 13.6 Å². The first kappa shape index (κ1) is 15.5. The quantitative estimate of drug-likeness (QED) is 0.845. The van der Waals surface area contributed by atoms with Crippen molar-refractivity contribution < 1.29 is 18.3 Å². The monoisotopic (exact) mass is 317 g/mol. The highest BCUT2D eigenvalue weighted by atomic mass is 19.1. The van der Waals surface area contributed by atoms with Gasteiger partial charge in [-0.25, -0.2) is 13.6 Å². The Morgan fingerprint density at radius 3 is 2.52 bits per heavy atom. The molecule has 2 aromatic rings. The van der Waals surface area contributed by atoms with E-state index in [1.165, 1.54) is 12.1 Å². The van der Waals surface area contributed by atoms with Gasteiger partial charge in [0.2, 0.25) is 0 Å². The van der Waals surface area contributed by atoms with Gasteiger partial charge in [0.15, 0.2) is 0 Å². The molecule has 120 valence electrons. The summed E-state index contributed by atoms with van der Waals surface area (Å²) in [6, 6.07) is 9.12. The molecule has 0 unspecified atom stereocenters. The fraction of sp³-hybridized carbons (Fsp3) is 0.278. The fourth-order valence-corrected chi connectivity index (χ4v) is 2.85. The highest BCUT2D eigenvalue weighted by Gasteiger charge is 2.27. The lowest BCUT2D eigenvalue weighted by molar-refractivity contribution is 0.137. The second kappa shape index (κ2) is 5.99. The Labute approximate surface area is 133 Å². The van der Waals surface area contributed by atoms with Gasteiger partial charge in [-0.05, 0) is 42.7 Å². The van der Waals surface area contributed by atoms with E-state index in [4.69, 9.17) is 4.74 Å². The predicted octanol–water partition coefficient (Wildman–Crippen LogP) is 4.28. The highest BCUT2D eigenvalue weighted by Crippen LogP contribution is 2.28. The number of carbonyl (C=O) groups excluding carboxylic acids is 1. The molecule has 1 aliphatic rings. The van der Waals surface area contributed by atoms with Crippen molar-refractivity contribution in [1.82, 2.24) is 4.90 Å². The van der Waals surface area contributed by atoms with Crippen LogP contribution in [-0.2, 0) is 11.3 Å². The number of hydrogen-bond donors (Lipinski definition) is 0. The van der Waals surface area contributed by atoms with Crippen LogP contribution in [0.2, 0.25) is 0 Å². The van der Waals surface area contributed by atoms with E-state index >= 15 is 0 Å². The zero-order valence-corrected chi connectivity index (χ0v) is 13.0. The molecule has 1 saturated heterocycles. The molecule has 0 aliphatic carbocycles. The minimum Gasteiger partial charge on any atom is -0.444 e. The van der Waals surface area contributed by atoms with Gasteiger partial charge in [-0.15, -0.1) is 0 Å². The van der Waals surface area contributed by atoms with Crippen molar-refractivity contribution in [2.24, 2.45) is 0 Å². The van der Waals surface area contributed by atoms with E-state index in [0.717, 1.165) is 17.2 Å². The topological polar surface area (TPSA) is 29.5 Å². The largest absolute Gasteiger partial charge is 0.444 e. The highest BCUT2D eigenvalue weighted by molar-refractivity contribution is 5.70. The molecule has 1 aliphatic heterocycles. The van der Waals surface area contributed by atoms with Crippen molar-refractivity contribution in [2.75, 3.05) is 6.54 Å². The van der Waals surface area contributed by atoms with E-state index in [2.05, 4.69) is 0 Å². The van der Waals surface area contributed by atoms with Gasteiger partial charge < -0.3 is 9.64 Å². The van der Waals surface area contributed by atoms with Crippen LogP contribution in [0, 0.1) is 18.6 Å². The first-order valence-electron chi connectivity index (χ1n) is 7.44. The standard InChI is InChI=1S/C18H17F2NO2/c1-11-7-13(10-21-9-12(2)23-18(21)22)3-5-15(11)16-6-4-14(19)8-17(16)20/h3-8,12H,9-10H2,1-2H3/t12-/m1/s1. The maximum Gasteiger partial charge on any atom is 0.410 e. The number of nitrogens with zero attached hydrogens (tertiary/aromatic N) is 1. The third-order valence-corrected chi connectivity index (χ3v) is 3.92. The molecule has 3 rings (SSSR count). The second-order valence-electron chi connectivity index (χ2n) is 5.85. The lowest BCUT2D eigenvalue weighted by Crippen LogP contribution is -2.24. The number of ether oxygens (including phenoxy) is 1. The number of cyclic esters (lactones) is 1. The summed E-state index contributed by atoms with van der Waals surface area (Å²) in [6.07, 6.45) is -0.417. The Bertz CT molecular complexity index is 761. The normalized spacial score (nSPS) is 17.5. The summed E-state index contributed by atoms with van der Waals surface area (Å²) in [5.74, 6) is -1.18. The van der Waals surface area contributed by atoms with Crippen LogP contribution in [-0.4, -0.2) is 23.6 Å². The number of halogens is 2. The Morgan fingerprint density at radius 2 is 1.91 bits per heavy atom. The summed E-state index contributed by atoms with van der Waals surface area (Å²) in [5.41, 5.74) is 2.89. The van der Waals surface area contributed by atoms with Gasteiger partial charge in [-0.2, -0.15) is 0 Å². The van der Waals surface area contributed by atoms with Gasteiger partial charge in [0, 0.05) is 18.2 Å². The first-order chi connectivity index (χ1) is 10.9. The summed E-state index contributed by atoms with van der Waals surface area (Å²) in [4.78, 5) is 13.3. The smallest absolute Gasteiger partial charge is 0.410 e. The lowest BCUT2D eigenvalue weighted by atomic mass is 9.98. The summed E-state index contributed by atoms with van der Waals surface area (Å²) in [6.45, 7) is 4.73. The van der Waals surface area contributed by atoms with Crippen molar-refractivity contribution in [3.8, 4) is 11.1 Å². The molecule has 1 atom stereocenters. The third kappa shape index (κ3) is 3.18. The van der Waals surface area contributed by atoms with Crippen molar-refractivity contribution in [3.63, 3.8) is 0 Å². The van der Waals surface area contributed by atoms with Crippen LogP contribution < -0.4 is 0 Å². The van der Waals surface area contributed by atoms with E-state index in [-0.39, 0.29) is 12.2 Å². The van der Waals surface area contributed by atoms with Crippen LogP contribution >= 0.6 is 0 Å². The fourth-order valence-electron chi connectivity index (χ4n) is 2.85. The average Bonchev–Trinajstić information content (AvgIpc) is 2.78. The van der Waals surface area contributed by atoms with Crippen LogP contribution in [0.15, 0.2) is 36.4 Å². The maximum absolute atomic E-state index is 13.9. The SMILES string of the molecule is Cc1cc(CN2C[C@@H](C)OC2=O)ccc1-c1ccc(F)cc1F. The average molecular weight is 317 g/mol. The molecule has 1 amide bonds. The third-order valence-electron chi connectivity index (χ3n) is 3.92. The minimum atomic E-state index is -0.595. The molecule has 2 aromatic carbocycles. The molecule has 0 spiro atoms. The van der Waals surface area contributed by atoms with Gasteiger partial charge in [0.25, 0.3) is 0 Å². The van der Waals surface area contributed by atoms with Crippen LogP contribution in [0.3, 0.4) is 0 Å². The number of hydrogen-bond acceptors (Lipinski definition) is 2. The molecule has 1 fully saturated rings. The summed E-state index contributed by atoms with van der Waals surface area (Å²) < 4.78 is 32.1. The first-order valence-corrected chi connectivity index (χ1v) is 7.44. The minimum absolute atomic E-state index is 0.101. The summed E-state index contributed by atoms with van der Waals surface area (Å²) in [7, 11) is 0. The summed E-state index contributed by atoms with van der Waals surface area (Å²) >= 11 is 0. The molecule has 0 saturated carbocycles. The van der Waals surface area contributed by atoms with Gasteiger partial charge in [-0.3, -0.25) is 0 Å². The summed E-state index contributed by atoms with van der Waals surface area (Å²) in [5, 5.41) is 0. The van der Waals surface area contributed by atoms with E-state index in [9.17, 15) is 13.6 Å². The predicted molar refractivity (Wildman–Crippen MR) is 82.9 cm³/mol. The Balaban J connectivity index is 1.85. The van der Waals surface area contributed by atoms with E-state index < -0.39 is 11.6 Å². The number of rotatable bonds is 3. The molecule has 0 N–H and O–H groups in total. The van der Waals surface area contributed by atoms with E-state index in [1.807, 2.05) is 26.0 Å². The Kier molecular flexibility index (Phi) is 4.03. The maximum atomic E-state index is 13.9. The number of aryl methyl sites for hydroxylation is 1. The van der Waals surface area contributed by atoms with Crippen LogP contribution in [0.25, 0.3) is 11.1 Å². The molecule has 5 heteroatoms. The van der Waals surface area contributed by atoms with Crippen LogP contribution in [0.5, 0.6) is 0 Å². The number of amides is 1. The van der Waals surface area contributed by atoms with Crippen LogP contribution in [0.1, 0.15) is 18.1 Å². The zero-order valence-electron chi connectivity index (χ0n) is 13.0. The Hall–Kier alpha value is -2.43. The second-order valence-corrected chi connectivity index (χ2v) is 5.85. The molecular weight excluding hydrogens is 300 g/mol. The number of carbonyl (C=O) groups is 1. The molecule has 1 heterocycles.